The molecule has 0 aliphatic heterocycles. The van der Waals surface area contributed by atoms with Gasteiger partial charge in [-0.25, -0.2) is 0 Å². The van der Waals surface area contributed by atoms with Crippen LogP contribution in [0.25, 0.3) is 0 Å². The van der Waals surface area contributed by atoms with Crippen LogP contribution in [0.1, 0.15) is 117 Å². The van der Waals surface area contributed by atoms with Crippen LogP contribution in [0.5, 0.6) is 0 Å². The molecule has 142 valence electrons. The van der Waals surface area contributed by atoms with E-state index in [-0.39, 0.29) is 12.4 Å². The van der Waals surface area contributed by atoms with Crippen molar-refractivity contribution in [3.05, 3.63) is 0 Å². The Kier molecular flexibility index (Phi) is 24.7. The molecule has 1 N–H and O–H groups in total. The molecule has 0 spiro atoms. The summed E-state index contributed by atoms with van der Waals surface area (Å²) in [6.07, 6.45) is 23.3. The van der Waals surface area contributed by atoms with E-state index in [9.17, 15) is 0 Å². The summed E-state index contributed by atoms with van der Waals surface area (Å²) in [4.78, 5) is 0. The lowest BCUT2D eigenvalue weighted by Crippen LogP contribution is -2.06. The van der Waals surface area contributed by atoms with Crippen molar-refractivity contribution in [2.75, 3.05) is 13.6 Å². The minimum absolute atomic E-state index is 0. The zero-order chi connectivity index (χ0) is 16.3. The van der Waals surface area contributed by atoms with Gasteiger partial charge in [-0.3, -0.25) is 0 Å². The Balaban J connectivity index is 0. The van der Waals surface area contributed by atoms with Gasteiger partial charge in [0.05, 0.1) is 0 Å². The van der Waals surface area contributed by atoms with Crippen molar-refractivity contribution < 1.29 is 0 Å². The van der Waals surface area contributed by atoms with Crippen LogP contribution >= 0.6 is 12.4 Å². The molecule has 0 radical (unpaired) electrons. The first-order chi connectivity index (χ1) is 10.8. The summed E-state index contributed by atoms with van der Waals surface area (Å²) in [6.45, 7) is 5.87. The maximum atomic E-state index is 3.22. The fourth-order valence-electron chi connectivity index (χ4n) is 3.15. The predicted octanol–water partition coefficient (Wildman–Crippen LogP) is 7.53. The number of hydrogen-bond donors (Lipinski definition) is 1. The average Bonchev–Trinajstić information content (AvgIpc) is 2.50. The standard InChI is InChI=1S/C21H45N.ClH/c1-21(2)19-17-15-13-11-9-7-5-4-6-8-10-12-14-16-18-20-22-3;/h21-22H,4-20H2,1-3H3;1H. The van der Waals surface area contributed by atoms with Crippen molar-refractivity contribution in [1.82, 2.24) is 5.32 Å². The molecule has 2 heteroatoms. The number of halogens is 1. The summed E-state index contributed by atoms with van der Waals surface area (Å²) in [5, 5.41) is 3.22. The minimum atomic E-state index is 0. The van der Waals surface area contributed by atoms with Crippen molar-refractivity contribution >= 4 is 12.4 Å². The molecule has 0 saturated heterocycles. The summed E-state index contributed by atoms with van der Waals surface area (Å²) in [7, 11) is 2.05. The van der Waals surface area contributed by atoms with Crippen molar-refractivity contribution in [3.63, 3.8) is 0 Å². The topological polar surface area (TPSA) is 12.0 Å². The van der Waals surface area contributed by atoms with Crippen LogP contribution in [0.4, 0.5) is 0 Å². The lowest BCUT2D eigenvalue weighted by Gasteiger charge is -2.05. The van der Waals surface area contributed by atoms with E-state index in [4.69, 9.17) is 0 Å². The molecule has 0 bridgehead atoms. The fraction of sp³-hybridized carbons (Fsp3) is 1.00. The van der Waals surface area contributed by atoms with Gasteiger partial charge in [-0.05, 0) is 25.9 Å². The average molecular weight is 348 g/mol. The molecule has 0 heterocycles. The Morgan fingerprint density at radius 3 is 1.13 bits per heavy atom. The molecule has 0 aromatic heterocycles. The van der Waals surface area contributed by atoms with E-state index in [0.29, 0.717) is 0 Å². The second-order valence-electron chi connectivity index (χ2n) is 7.59. The molecule has 0 fully saturated rings. The minimum Gasteiger partial charge on any atom is -0.320 e. The first-order valence-corrected chi connectivity index (χ1v) is 10.4. The Morgan fingerprint density at radius 1 is 0.522 bits per heavy atom. The highest BCUT2D eigenvalue weighted by atomic mass is 35.5. The van der Waals surface area contributed by atoms with Crippen LogP contribution < -0.4 is 5.32 Å². The second kappa shape index (κ2) is 22.2. The highest BCUT2D eigenvalue weighted by Gasteiger charge is 1.96. The zero-order valence-electron chi connectivity index (χ0n) is 16.5. The summed E-state index contributed by atoms with van der Waals surface area (Å²) in [6, 6.07) is 0. The molecule has 23 heavy (non-hydrogen) atoms. The van der Waals surface area contributed by atoms with Crippen LogP contribution in [-0.4, -0.2) is 13.6 Å². The molecule has 0 saturated carbocycles. The molecular formula is C21H46ClN. The van der Waals surface area contributed by atoms with Gasteiger partial charge in [0.1, 0.15) is 0 Å². The maximum absolute atomic E-state index is 3.22. The van der Waals surface area contributed by atoms with Crippen molar-refractivity contribution in [2.45, 2.75) is 117 Å². The van der Waals surface area contributed by atoms with Gasteiger partial charge in [0, 0.05) is 0 Å². The summed E-state index contributed by atoms with van der Waals surface area (Å²) < 4.78 is 0. The predicted molar refractivity (Wildman–Crippen MR) is 110 cm³/mol. The third kappa shape index (κ3) is 24.6. The number of nitrogens with one attached hydrogen (secondary N) is 1. The monoisotopic (exact) mass is 347 g/mol. The van der Waals surface area contributed by atoms with E-state index in [0.717, 1.165) is 5.92 Å². The van der Waals surface area contributed by atoms with E-state index in [1.165, 1.54) is 109 Å². The Hall–Kier alpha value is 0.250. The molecule has 0 atom stereocenters. The SMILES string of the molecule is CNCCCCCCCCCCCCCCCCCC(C)C.Cl. The number of unbranched alkanes of at least 4 members (excludes halogenated alkanes) is 14. The van der Waals surface area contributed by atoms with Crippen LogP contribution in [0.2, 0.25) is 0 Å². The van der Waals surface area contributed by atoms with Gasteiger partial charge in [0.2, 0.25) is 0 Å². The van der Waals surface area contributed by atoms with Crippen LogP contribution in [0.15, 0.2) is 0 Å². The molecule has 0 aliphatic rings. The molecule has 0 unspecified atom stereocenters. The van der Waals surface area contributed by atoms with Crippen molar-refractivity contribution in [2.24, 2.45) is 5.92 Å². The van der Waals surface area contributed by atoms with E-state index in [2.05, 4.69) is 19.2 Å². The smallest absolute Gasteiger partial charge is 0.00519 e. The lowest BCUT2D eigenvalue weighted by atomic mass is 10.0. The van der Waals surface area contributed by atoms with E-state index >= 15 is 0 Å². The quantitative estimate of drug-likeness (QED) is 0.253. The van der Waals surface area contributed by atoms with Gasteiger partial charge in [0.25, 0.3) is 0 Å². The second-order valence-corrected chi connectivity index (χ2v) is 7.59. The normalized spacial score (nSPS) is 11.0. The molecule has 0 rings (SSSR count). The highest BCUT2D eigenvalue weighted by molar-refractivity contribution is 5.85. The molecule has 0 aromatic carbocycles. The zero-order valence-corrected chi connectivity index (χ0v) is 17.3. The van der Waals surface area contributed by atoms with Crippen LogP contribution in [0, 0.1) is 5.92 Å². The van der Waals surface area contributed by atoms with Gasteiger partial charge in [-0.15, -0.1) is 12.4 Å². The Bertz CT molecular complexity index is 194. The van der Waals surface area contributed by atoms with Crippen molar-refractivity contribution in [3.8, 4) is 0 Å². The molecule has 0 amide bonds. The molecular weight excluding hydrogens is 302 g/mol. The van der Waals surface area contributed by atoms with E-state index in [1.54, 1.807) is 0 Å². The first kappa shape index (κ1) is 25.5. The third-order valence-corrected chi connectivity index (χ3v) is 4.71. The maximum Gasteiger partial charge on any atom is -0.00519 e. The summed E-state index contributed by atoms with van der Waals surface area (Å²) in [5.74, 6) is 0.897. The van der Waals surface area contributed by atoms with Gasteiger partial charge in [-0.1, -0.05) is 110 Å². The number of hydrogen-bond acceptors (Lipinski definition) is 1. The largest absolute Gasteiger partial charge is 0.320 e. The lowest BCUT2D eigenvalue weighted by molar-refractivity contribution is 0.501. The van der Waals surface area contributed by atoms with Gasteiger partial charge >= 0.3 is 0 Å². The molecule has 1 nitrogen and oxygen atoms in total. The van der Waals surface area contributed by atoms with E-state index in [1.807, 2.05) is 7.05 Å². The summed E-state index contributed by atoms with van der Waals surface area (Å²) >= 11 is 0. The van der Waals surface area contributed by atoms with Crippen molar-refractivity contribution in [1.29, 1.82) is 0 Å². The first-order valence-electron chi connectivity index (χ1n) is 10.4. The van der Waals surface area contributed by atoms with Gasteiger partial charge in [-0.2, -0.15) is 0 Å². The van der Waals surface area contributed by atoms with E-state index < -0.39 is 0 Å². The Morgan fingerprint density at radius 2 is 0.826 bits per heavy atom. The Labute approximate surface area is 154 Å². The fourth-order valence-corrected chi connectivity index (χ4v) is 3.15. The third-order valence-electron chi connectivity index (χ3n) is 4.71. The van der Waals surface area contributed by atoms with Gasteiger partial charge < -0.3 is 5.32 Å². The van der Waals surface area contributed by atoms with Crippen LogP contribution in [-0.2, 0) is 0 Å². The number of rotatable bonds is 18. The molecule has 0 aromatic rings. The highest BCUT2D eigenvalue weighted by Crippen LogP contribution is 2.14. The van der Waals surface area contributed by atoms with Crippen LogP contribution in [0.3, 0.4) is 0 Å². The summed E-state index contributed by atoms with van der Waals surface area (Å²) in [5.41, 5.74) is 0. The van der Waals surface area contributed by atoms with Gasteiger partial charge in [0.15, 0.2) is 0 Å². The molecule has 0 aliphatic carbocycles.